The van der Waals surface area contributed by atoms with Gasteiger partial charge in [0.25, 0.3) is 0 Å². The van der Waals surface area contributed by atoms with E-state index in [2.05, 4.69) is 4.90 Å². The zero-order valence-corrected chi connectivity index (χ0v) is 13.6. The molecule has 0 aliphatic carbocycles. The van der Waals surface area contributed by atoms with E-state index in [0.717, 1.165) is 37.1 Å². The number of ether oxygens (including phenoxy) is 1. The Hall–Kier alpha value is -2.13. The molecule has 0 N–H and O–H groups in total. The SMILES string of the molecule is CCOC(=O)C(c1ccccc1)(c1ccccc1)N1CCCC1. The van der Waals surface area contributed by atoms with Crippen LogP contribution >= 0.6 is 0 Å². The third-order valence-corrected chi connectivity index (χ3v) is 4.53. The van der Waals surface area contributed by atoms with E-state index in [0.29, 0.717) is 6.61 Å². The molecule has 2 aromatic carbocycles. The van der Waals surface area contributed by atoms with Gasteiger partial charge in [-0.25, -0.2) is 4.79 Å². The van der Waals surface area contributed by atoms with Gasteiger partial charge in [0.1, 0.15) is 0 Å². The molecule has 1 saturated heterocycles. The normalized spacial score (nSPS) is 15.5. The minimum Gasteiger partial charge on any atom is -0.464 e. The van der Waals surface area contributed by atoms with Crippen molar-refractivity contribution in [1.82, 2.24) is 4.90 Å². The van der Waals surface area contributed by atoms with Gasteiger partial charge in [0, 0.05) is 0 Å². The molecule has 1 heterocycles. The molecule has 0 unspecified atom stereocenters. The van der Waals surface area contributed by atoms with Gasteiger partial charge in [-0.15, -0.1) is 0 Å². The summed E-state index contributed by atoms with van der Waals surface area (Å²) in [6.45, 7) is 4.06. The Bertz CT molecular complexity index is 594. The average Bonchev–Trinajstić information content (AvgIpc) is 3.13. The van der Waals surface area contributed by atoms with E-state index in [4.69, 9.17) is 4.74 Å². The summed E-state index contributed by atoms with van der Waals surface area (Å²) in [4.78, 5) is 15.5. The number of hydrogen-bond acceptors (Lipinski definition) is 3. The highest BCUT2D eigenvalue weighted by molar-refractivity contribution is 5.87. The van der Waals surface area contributed by atoms with E-state index in [1.165, 1.54) is 0 Å². The zero-order chi connectivity index (χ0) is 16.1. The van der Waals surface area contributed by atoms with Crippen LogP contribution in [0.25, 0.3) is 0 Å². The Morgan fingerprint density at radius 2 is 1.43 bits per heavy atom. The lowest BCUT2D eigenvalue weighted by atomic mass is 9.81. The van der Waals surface area contributed by atoms with Crippen LogP contribution in [0.4, 0.5) is 0 Å². The van der Waals surface area contributed by atoms with Gasteiger partial charge in [0.05, 0.1) is 6.61 Å². The molecule has 3 heteroatoms. The highest BCUT2D eigenvalue weighted by Gasteiger charge is 2.49. The van der Waals surface area contributed by atoms with E-state index < -0.39 is 5.54 Å². The van der Waals surface area contributed by atoms with E-state index in [9.17, 15) is 4.79 Å². The number of likely N-dealkylation sites (tertiary alicyclic amines) is 1. The van der Waals surface area contributed by atoms with Crippen molar-refractivity contribution < 1.29 is 9.53 Å². The predicted molar refractivity (Wildman–Crippen MR) is 91.1 cm³/mol. The van der Waals surface area contributed by atoms with Crippen LogP contribution in [0.2, 0.25) is 0 Å². The Kier molecular flexibility index (Phi) is 4.77. The minimum absolute atomic E-state index is 0.181. The van der Waals surface area contributed by atoms with Gasteiger partial charge < -0.3 is 4.74 Å². The smallest absolute Gasteiger partial charge is 0.335 e. The molecule has 1 aliphatic rings. The number of carbonyl (C=O) groups excluding carboxylic acids is 1. The van der Waals surface area contributed by atoms with Crippen LogP contribution < -0.4 is 0 Å². The predicted octanol–water partition coefficient (Wildman–Crippen LogP) is 3.59. The first-order chi connectivity index (χ1) is 11.3. The lowest BCUT2D eigenvalue weighted by Gasteiger charge is -2.40. The fraction of sp³-hybridized carbons (Fsp3) is 0.350. The fourth-order valence-electron chi connectivity index (χ4n) is 3.54. The van der Waals surface area contributed by atoms with Crippen LogP contribution in [0.1, 0.15) is 30.9 Å². The van der Waals surface area contributed by atoms with Gasteiger partial charge in [-0.3, -0.25) is 4.90 Å². The summed E-state index contributed by atoms with van der Waals surface area (Å²) in [7, 11) is 0. The molecule has 3 rings (SSSR count). The number of nitrogens with zero attached hydrogens (tertiary/aromatic N) is 1. The number of carbonyl (C=O) groups is 1. The number of rotatable bonds is 5. The summed E-state index contributed by atoms with van der Waals surface area (Å²) in [5.74, 6) is -0.181. The van der Waals surface area contributed by atoms with Crippen molar-refractivity contribution in [1.29, 1.82) is 0 Å². The minimum atomic E-state index is -0.852. The molecule has 23 heavy (non-hydrogen) atoms. The van der Waals surface area contributed by atoms with Crippen molar-refractivity contribution in [2.75, 3.05) is 19.7 Å². The summed E-state index contributed by atoms with van der Waals surface area (Å²) in [6, 6.07) is 20.0. The Balaban J connectivity index is 2.22. The van der Waals surface area contributed by atoms with Gasteiger partial charge in [0.2, 0.25) is 0 Å². The average molecular weight is 309 g/mol. The Morgan fingerprint density at radius 3 is 1.87 bits per heavy atom. The Morgan fingerprint density at radius 1 is 0.957 bits per heavy atom. The monoisotopic (exact) mass is 309 g/mol. The summed E-state index contributed by atoms with van der Waals surface area (Å²) in [6.07, 6.45) is 2.22. The highest BCUT2D eigenvalue weighted by Crippen LogP contribution is 2.39. The molecule has 2 aromatic rings. The molecule has 1 aliphatic heterocycles. The molecule has 0 atom stereocenters. The standard InChI is InChI=1S/C20H23NO2/c1-2-23-19(22)20(21-15-9-10-16-21,17-11-5-3-6-12-17)18-13-7-4-8-14-18/h3-8,11-14H,2,9-10,15-16H2,1H3. The Labute approximate surface area is 137 Å². The maximum absolute atomic E-state index is 13.2. The lowest BCUT2D eigenvalue weighted by Crippen LogP contribution is -2.52. The number of esters is 1. The molecule has 0 aromatic heterocycles. The molecular formula is C20H23NO2. The molecule has 0 bridgehead atoms. The van der Waals surface area contributed by atoms with Gasteiger partial charge in [-0.1, -0.05) is 60.7 Å². The first kappa shape index (κ1) is 15.8. The van der Waals surface area contributed by atoms with E-state index in [1.807, 2.05) is 67.6 Å². The second-order valence-electron chi connectivity index (χ2n) is 5.86. The van der Waals surface area contributed by atoms with Crippen LogP contribution in [-0.2, 0) is 15.1 Å². The molecule has 0 spiro atoms. The fourth-order valence-corrected chi connectivity index (χ4v) is 3.54. The van der Waals surface area contributed by atoms with E-state index in [1.54, 1.807) is 0 Å². The van der Waals surface area contributed by atoms with Gasteiger partial charge >= 0.3 is 5.97 Å². The molecular weight excluding hydrogens is 286 g/mol. The summed E-state index contributed by atoms with van der Waals surface area (Å²) < 4.78 is 5.55. The second kappa shape index (κ2) is 6.97. The van der Waals surface area contributed by atoms with Crippen molar-refractivity contribution in [3.8, 4) is 0 Å². The van der Waals surface area contributed by atoms with Crippen LogP contribution in [0.5, 0.6) is 0 Å². The highest BCUT2D eigenvalue weighted by atomic mass is 16.5. The third kappa shape index (κ3) is 2.77. The summed E-state index contributed by atoms with van der Waals surface area (Å²) in [5, 5.41) is 0. The zero-order valence-electron chi connectivity index (χ0n) is 13.6. The molecule has 0 amide bonds. The van der Waals surface area contributed by atoms with Crippen molar-refractivity contribution in [2.24, 2.45) is 0 Å². The third-order valence-electron chi connectivity index (χ3n) is 4.53. The van der Waals surface area contributed by atoms with Crippen molar-refractivity contribution >= 4 is 5.97 Å². The van der Waals surface area contributed by atoms with Crippen LogP contribution in [0.15, 0.2) is 60.7 Å². The molecule has 120 valence electrons. The van der Waals surface area contributed by atoms with E-state index >= 15 is 0 Å². The maximum atomic E-state index is 13.2. The van der Waals surface area contributed by atoms with Gasteiger partial charge in [-0.05, 0) is 44.0 Å². The first-order valence-corrected chi connectivity index (χ1v) is 8.33. The lowest BCUT2D eigenvalue weighted by molar-refractivity contribution is -0.155. The number of hydrogen-bond donors (Lipinski definition) is 0. The number of benzene rings is 2. The molecule has 1 fully saturated rings. The first-order valence-electron chi connectivity index (χ1n) is 8.33. The van der Waals surface area contributed by atoms with Crippen molar-refractivity contribution in [3.05, 3.63) is 71.8 Å². The van der Waals surface area contributed by atoms with Crippen LogP contribution in [0.3, 0.4) is 0 Å². The van der Waals surface area contributed by atoms with Gasteiger partial charge in [-0.2, -0.15) is 0 Å². The summed E-state index contributed by atoms with van der Waals surface area (Å²) >= 11 is 0. The van der Waals surface area contributed by atoms with E-state index in [-0.39, 0.29) is 5.97 Å². The van der Waals surface area contributed by atoms with Crippen molar-refractivity contribution in [3.63, 3.8) is 0 Å². The quantitative estimate of drug-likeness (QED) is 0.791. The van der Waals surface area contributed by atoms with Gasteiger partial charge in [0.15, 0.2) is 5.54 Å². The van der Waals surface area contributed by atoms with Crippen LogP contribution in [-0.4, -0.2) is 30.6 Å². The molecule has 0 radical (unpaired) electrons. The van der Waals surface area contributed by atoms with Crippen LogP contribution in [0, 0.1) is 0 Å². The molecule has 0 saturated carbocycles. The maximum Gasteiger partial charge on any atom is 0.335 e. The molecule has 3 nitrogen and oxygen atoms in total. The summed E-state index contributed by atoms with van der Waals surface area (Å²) in [5.41, 5.74) is 1.10. The van der Waals surface area contributed by atoms with Crippen molar-refractivity contribution in [2.45, 2.75) is 25.3 Å². The second-order valence-corrected chi connectivity index (χ2v) is 5.86. The topological polar surface area (TPSA) is 29.5 Å². The largest absolute Gasteiger partial charge is 0.464 e.